The molecule has 4 rings (SSSR count). The first-order valence-electron chi connectivity index (χ1n) is 8.09. The van der Waals surface area contributed by atoms with E-state index >= 15 is 0 Å². The number of hydrogen-bond donors (Lipinski definition) is 1. The predicted octanol–water partition coefficient (Wildman–Crippen LogP) is 3.30. The van der Waals surface area contributed by atoms with Crippen LogP contribution in [0.1, 0.15) is 43.7 Å². The Kier molecular flexibility index (Phi) is 2.84. The van der Waals surface area contributed by atoms with Gasteiger partial charge in [-0.15, -0.1) is 0 Å². The molecule has 0 aliphatic heterocycles. The number of phenols is 1. The summed E-state index contributed by atoms with van der Waals surface area (Å²) in [5, 5.41) is 9.68. The van der Waals surface area contributed by atoms with Gasteiger partial charge >= 0.3 is 0 Å². The summed E-state index contributed by atoms with van der Waals surface area (Å²) in [7, 11) is 0. The Hall–Kier alpha value is -1.90. The van der Waals surface area contributed by atoms with Gasteiger partial charge in [0.1, 0.15) is 11.5 Å². The highest BCUT2D eigenvalue weighted by molar-refractivity contribution is 6.05. The lowest BCUT2D eigenvalue weighted by atomic mass is 9.61. The Morgan fingerprint density at radius 2 is 2.00 bits per heavy atom. The van der Waals surface area contributed by atoms with Crippen molar-refractivity contribution in [3.05, 3.63) is 34.9 Å². The first kappa shape index (κ1) is 13.7. The zero-order valence-electron chi connectivity index (χ0n) is 12.8. The molecule has 0 radical (unpaired) electrons. The lowest BCUT2D eigenvalue weighted by Crippen LogP contribution is -2.42. The molecule has 0 aromatic heterocycles. The molecule has 3 aliphatic rings. The number of hydrogen-bond acceptors (Lipinski definition) is 3. The molecule has 0 unspecified atom stereocenters. The Bertz CT molecular complexity index is 715. The SMILES string of the molecule is C[C@]12CC(=O)C3=Cc4ccc(O)cc4CC[C@H]3[C@@H]1CCC2=O. The zero-order valence-corrected chi connectivity index (χ0v) is 12.8. The van der Waals surface area contributed by atoms with Gasteiger partial charge in [0.05, 0.1) is 0 Å². The number of carbonyl (C=O) groups is 2. The molecule has 1 aromatic carbocycles. The van der Waals surface area contributed by atoms with Crippen LogP contribution in [0.2, 0.25) is 0 Å². The molecule has 22 heavy (non-hydrogen) atoms. The second-order valence-electron chi connectivity index (χ2n) is 7.21. The van der Waals surface area contributed by atoms with Crippen molar-refractivity contribution in [2.24, 2.45) is 17.3 Å². The van der Waals surface area contributed by atoms with E-state index in [-0.39, 0.29) is 23.2 Å². The fourth-order valence-electron chi connectivity index (χ4n) is 4.80. The molecule has 0 saturated heterocycles. The van der Waals surface area contributed by atoms with Crippen LogP contribution in [0.5, 0.6) is 5.75 Å². The minimum Gasteiger partial charge on any atom is -0.508 e. The van der Waals surface area contributed by atoms with Gasteiger partial charge in [0.2, 0.25) is 0 Å². The number of aromatic hydroxyl groups is 1. The minimum atomic E-state index is -0.447. The number of phenolic OH excluding ortho intramolecular Hbond substituents is 1. The van der Waals surface area contributed by atoms with Gasteiger partial charge in [0, 0.05) is 18.3 Å². The highest BCUT2D eigenvalue weighted by Gasteiger charge is 2.54. The van der Waals surface area contributed by atoms with Crippen LogP contribution >= 0.6 is 0 Å². The van der Waals surface area contributed by atoms with Crippen molar-refractivity contribution < 1.29 is 14.7 Å². The summed E-state index contributed by atoms with van der Waals surface area (Å²) < 4.78 is 0. The number of allylic oxidation sites excluding steroid dienone is 1. The second kappa shape index (κ2) is 4.55. The lowest BCUT2D eigenvalue weighted by molar-refractivity contribution is -0.134. The molecule has 2 fully saturated rings. The largest absolute Gasteiger partial charge is 0.508 e. The monoisotopic (exact) mass is 296 g/mol. The number of carbonyl (C=O) groups excluding carboxylic acids is 2. The third-order valence-electron chi connectivity index (χ3n) is 6.03. The van der Waals surface area contributed by atoms with E-state index in [1.165, 1.54) is 0 Å². The molecular formula is C19H20O3. The first-order chi connectivity index (χ1) is 10.5. The van der Waals surface area contributed by atoms with E-state index in [2.05, 4.69) is 0 Å². The van der Waals surface area contributed by atoms with Crippen LogP contribution in [0, 0.1) is 17.3 Å². The Morgan fingerprint density at radius 1 is 1.18 bits per heavy atom. The Labute approximate surface area is 130 Å². The normalized spacial score (nSPS) is 33.6. The Balaban J connectivity index is 1.80. The average molecular weight is 296 g/mol. The van der Waals surface area contributed by atoms with Gasteiger partial charge in [-0.1, -0.05) is 13.0 Å². The van der Waals surface area contributed by atoms with E-state index in [1.54, 1.807) is 12.1 Å². The zero-order chi connectivity index (χ0) is 15.5. The minimum absolute atomic E-state index is 0.139. The maximum Gasteiger partial charge on any atom is 0.160 e. The standard InChI is InChI=1S/C19H20O3/c1-19-10-17(21)15-9-12-2-4-13(20)8-11(12)3-5-14(15)16(19)6-7-18(19)22/h2,4,8-9,14,16,20H,3,5-7,10H2,1H3/t14-,16+,19+/m1/s1. The van der Waals surface area contributed by atoms with Gasteiger partial charge in [0.25, 0.3) is 0 Å². The molecule has 3 nitrogen and oxygen atoms in total. The molecule has 0 heterocycles. The van der Waals surface area contributed by atoms with Crippen LogP contribution in [0.25, 0.3) is 6.08 Å². The van der Waals surface area contributed by atoms with E-state index in [1.807, 2.05) is 19.1 Å². The number of rotatable bonds is 0. The maximum absolute atomic E-state index is 12.7. The van der Waals surface area contributed by atoms with Crippen LogP contribution in [0.4, 0.5) is 0 Å². The number of fused-ring (bicyclic) bond motifs is 4. The Morgan fingerprint density at radius 3 is 2.82 bits per heavy atom. The summed E-state index contributed by atoms with van der Waals surface area (Å²) in [6.07, 6.45) is 5.64. The summed E-state index contributed by atoms with van der Waals surface area (Å²) in [4.78, 5) is 25.0. The number of ketones is 2. The van der Waals surface area contributed by atoms with Crippen molar-refractivity contribution >= 4 is 17.6 Å². The summed E-state index contributed by atoms with van der Waals surface area (Å²) >= 11 is 0. The summed E-state index contributed by atoms with van der Waals surface area (Å²) in [5.74, 6) is 1.16. The molecular weight excluding hydrogens is 276 g/mol. The van der Waals surface area contributed by atoms with Crippen molar-refractivity contribution in [2.45, 2.75) is 39.0 Å². The molecule has 114 valence electrons. The van der Waals surface area contributed by atoms with E-state index in [4.69, 9.17) is 0 Å². The van der Waals surface area contributed by atoms with Gasteiger partial charge in [0.15, 0.2) is 5.78 Å². The molecule has 3 aliphatic carbocycles. The highest BCUT2D eigenvalue weighted by Crippen LogP contribution is 2.55. The van der Waals surface area contributed by atoms with Gasteiger partial charge < -0.3 is 5.11 Å². The van der Waals surface area contributed by atoms with Gasteiger partial charge in [-0.05, 0) is 66.0 Å². The average Bonchev–Trinajstić information content (AvgIpc) is 2.67. The van der Waals surface area contributed by atoms with Crippen molar-refractivity contribution in [2.75, 3.05) is 0 Å². The van der Waals surface area contributed by atoms with E-state index in [0.29, 0.717) is 18.8 Å². The molecule has 1 N–H and O–H groups in total. The number of aryl methyl sites for hydroxylation is 1. The van der Waals surface area contributed by atoms with E-state index in [0.717, 1.165) is 36.0 Å². The lowest BCUT2D eigenvalue weighted by Gasteiger charge is -2.41. The van der Waals surface area contributed by atoms with Crippen molar-refractivity contribution in [3.8, 4) is 5.75 Å². The molecule has 0 bridgehead atoms. The summed E-state index contributed by atoms with van der Waals surface area (Å²) in [6.45, 7) is 1.99. The van der Waals surface area contributed by atoms with Crippen LogP contribution < -0.4 is 0 Å². The van der Waals surface area contributed by atoms with Gasteiger partial charge in [-0.3, -0.25) is 9.59 Å². The van der Waals surface area contributed by atoms with Crippen molar-refractivity contribution in [1.82, 2.24) is 0 Å². The molecule has 1 aromatic rings. The fraction of sp³-hybridized carbons (Fsp3) is 0.474. The fourth-order valence-corrected chi connectivity index (χ4v) is 4.80. The van der Waals surface area contributed by atoms with E-state index < -0.39 is 5.41 Å². The highest BCUT2D eigenvalue weighted by atomic mass is 16.3. The van der Waals surface area contributed by atoms with Crippen LogP contribution in [0.3, 0.4) is 0 Å². The van der Waals surface area contributed by atoms with E-state index in [9.17, 15) is 14.7 Å². The van der Waals surface area contributed by atoms with Crippen LogP contribution in [0.15, 0.2) is 23.8 Å². The molecule has 3 heteroatoms. The van der Waals surface area contributed by atoms with Crippen molar-refractivity contribution in [1.29, 1.82) is 0 Å². The quantitative estimate of drug-likeness (QED) is 0.799. The predicted molar refractivity (Wildman–Crippen MR) is 83.4 cm³/mol. The number of Topliss-reactive ketones (excluding diaryl/α,β-unsaturated/α-hetero) is 2. The van der Waals surface area contributed by atoms with Crippen LogP contribution in [-0.2, 0) is 16.0 Å². The van der Waals surface area contributed by atoms with Crippen molar-refractivity contribution in [3.63, 3.8) is 0 Å². The third kappa shape index (κ3) is 1.81. The van der Waals surface area contributed by atoms with Crippen LogP contribution in [-0.4, -0.2) is 16.7 Å². The summed E-state index contributed by atoms with van der Waals surface area (Å²) in [5.41, 5.74) is 2.59. The molecule has 0 spiro atoms. The smallest absolute Gasteiger partial charge is 0.160 e. The topological polar surface area (TPSA) is 54.4 Å². The van der Waals surface area contributed by atoms with Gasteiger partial charge in [-0.25, -0.2) is 0 Å². The number of benzene rings is 1. The third-order valence-corrected chi connectivity index (χ3v) is 6.03. The second-order valence-corrected chi connectivity index (χ2v) is 7.21. The molecule has 2 saturated carbocycles. The van der Waals surface area contributed by atoms with Gasteiger partial charge in [-0.2, -0.15) is 0 Å². The molecule has 3 atom stereocenters. The maximum atomic E-state index is 12.7. The summed E-state index contributed by atoms with van der Waals surface area (Å²) in [6, 6.07) is 5.36. The molecule has 0 amide bonds. The first-order valence-corrected chi connectivity index (χ1v) is 8.09.